The van der Waals surface area contributed by atoms with Gasteiger partial charge in [0.2, 0.25) is 17.7 Å². The number of carboxylic acid groups (broad SMARTS) is 1. The Morgan fingerprint density at radius 1 is 1.35 bits per heavy atom. The molecule has 1 saturated heterocycles. The maximum absolute atomic E-state index is 12.0. The predicted molar refractivity (Wildman–Crippen MR) is 84.8 cm³/mol. The monoisotopic (exact) mass is 346 g/mol. The molecule has 1 aliphatic rings. The summed E-state index contributed by atoms with van der Waals surface area (Å²) in [5, 5.41) is 13.8. The molecule has 0 aromatic heterocycles. The van der Waals surface area contributed by atoms with Crippen LogP contribution in [0.25, 0.3) is 0 Å². The number of nitrogens with two attached hydrogens (primary N) is 1. The van der Waals surface area contributed by atoms with Crippen molar-refractivity contribution < 1.29 is 24.3 Å². The summed E-state index contributed by atoms with van der Waals surface area (Å²) in [6.45, 7) is 1.50. The van der Waals surface area contributed by atoms with Gasteiger partial charge in [0.25, 0.3) is 0 Å². The van der Waals surface area contributed by atoms with Gasteiger partial charge in [0.05, 0.1) is 12.6 Å². The molecule has 1 fully saturated rings. The summed E-state index contributed by atoms with van der Waals surface area (Å²) in [4.78, 5) is 47.7. The average Bonchev–Trinajstić information content (AvgIpc) is 3.00. The first-order chi connectivity index (χ1) is 10.8. The summed E-state index contributed by atoms with van der Waals surface area (Å²) in [7, 11) is 0. The van der Waals surface area contributed by atoms with Crippen molar-refractivity contribution in [3.63, 3.8) is 0 Å². The highest BCUT2D eigenvalue weighted by Crippen LogP contribution is 2.17. The van der Waals surface area contributed by atoms with E-state index in [-0.39, 0.29) is 12.3 Å². The summed E-state index contributed by atoms with van der Waals surface area (Å²) in [5.41, 5.74) is 5.48. The molecule has 0 aliphatic carbocycles. The molecule has 0 saturated carbocycles. The van der Waals surface area contributed by atoms with E-state index in [0.717, 1.165) is 0 Å². The highest BCUT2D eigenvalue weighted by molar-refractivity contribution is 7.80. The van der Waals surface area contributed by atoms with E-state index in [4.69, 9.17) is 10.8 Å². The molecule has 130 valence electrons. The van der Waals surface area contributed by atoms with Crippen LogP contribution in [0.2, 0.25) is 0 Å². The topological polar surface area (TPSA) is 142 Å². The summed E-state index contributed by atoms with van der Waals surface area (Å²) in [6.07, 6.45) is 1.02. The van der Waals surface area contributed by atoms with Crippen molar-refractivity contribution in [1.82, 2.24) is 15.5 Å². The maximum atomic E-state index is 12.0. The summed E-state index contributed by atoms with van der Waals surface area (Å²) in [6, 6.07) is -2.53. The van der Waals surface area contributed by atoms with E-state index < -0.39 is 41.8 Å². The van der Waals surface area contributed by atoms with Gasteiger partial charge < -0.3 is 26.4 Å². The Hall–Kier alpha value is -1.81. The number of nitrogens with zero attached hydrogens (tertiary/aromatic N) is 1. The lowest BCUT2D eigenvalue weighted by Gasteiger charge is -2.22. The molecule has 10 heteroatoms. The number of carbonyl (C=O) groups excluding carboxylic acids is 3. The number of nitrogens with one attached hydrogen (secondary N) is 2. The highest BCUT2D eigenvalue weighted by atomic mass is 32.1. The summed E-state index contributed by atoms with van der Waals surface area (Å²) in [5.74, 6) is -2.44. The second-order valence-corrected chi connectivity index (χ2v) is 5.69. The molecular weight excluding hydrogens is 324 g/mol. The van der Waals surface area contributed by atoms with Crippen LogP contribution in [0.5, 0.6) is 0 Å². The minimum Gasteiger partial charge on any atom is -0.480 e. The standard InChI is InChI=1S/C13H22N4O5S/c1-7(16-12(20)8(14)6-23)11(19)15-5-10(18)17-4-2-3-9(17)13(21)22/h7-9,23H,2-6,14H2,1H3,(H,15,19)(H,16,20)(H,21,22). The molecule has 3 unspecified atom stereocenters. The van der Waals surface area contributed by atoms with Gasteiger partial charge in [0.15, 0.2) is 0 Å². The van der Waals surface area contributed by atoms with E-state index in [1.807, 2.05) is 0 Å². The second-order valence-electron chi connectivity index (χ2n) is 5.32. The zero-order valence-electron chi connectivity index (χ0n) is 12.8. The molecule has 0 spiro atoms. The summed E-state index contributed by atoms with van der Waals surface area (Å²) < 4.78 is 0. The van der Waals surface area contributed by atoms with E-state index in [1.54, 1.807) is 0 Å². The molecule has 0 aromatic rings. The lowest BCUT2D eigenvalue weighted by Crippen LogP contribution is -2.52. The van der Waals surface area contributed by atoms with Gasteiger partial charge in [-0.1, -0.05) is 0 Å². The Labute approximate surface area is 139 Å². The van der Waals surface area contributed by atoms with Crippen molar-refractivity contribution >= 4 is 36.3 Å². The number of hydrogen-bond donors (Lipinski definition) is 5. The van der Waals surface area contributed by atoms with Crippen LogP contribution in [0.4, 0.5) is 0 Å². The van der Waals surface area contributed by atoms with Crippen molar-refractivity contribution in [3.8, 4) is 0 Å². The number of aliphatic carboxylic acids is 1. The minimum absolute atomic E-state index is 0.143. The molecule has 0 aromatic carbocycles. The molecular formula is C13H22N4O5S. The van der Waals surface area contributed by atoms with E-state index in [9.17, 15) is 19.2 Å². The largest absolute Gasteiger partial charge is 0.480 e. The molecule has 1 aliphatic heterocycles. The van der Waals surface area contributed by atoms with Crippen LogP contribution in [0.3, 0.4) is 0 Å². The Morgan fingerprint density at radius 2 is 2.00 bits per heavy atom. The SMILES string of the molecule is CC(NC(=O)C(N)CS)C(=O)NCC(=O)N1CCCC1C(=O)O. The molecule has 0 radical (unpaired) electrons. The quantitative estimate of drug-likeness (QED) is 0.336. The number of carboxylic acids is 1. The van der Waals surface area contributed by atoms with Crippen molar-refractivity contribution in [1.29, 1.82) is 0 Å². The zero-order valence-corrected chi connectivity index (χ0v) is 13.7. The zero-order chi connectivity index (χ0) is 17.6. The normalized spacial score (nSPS) is 19.8. The van der Waals surface area contributed by atoms with Crippen molar-refractivity contribution in [2.45, 2.75) is 37.9 Å². The number of carbonyl (C=O) groups is 4. The fourth-order valence-corrected chi connectivity index (χ4v) is 2.37. The number of rotatable bonds is 7. The Morgan fingerprint density at radius 3 is 2.57 bits per heavy atom. The first kappa shape index (κ1) is 19.2. The average molecular weight is 346 g/mol. The predicted octanol–water partition coefficient (Wildman–Crippen LogP) is -2.06. The third-order valence-corrected chi connectivity index (χ3v) is 3.95. The van der Waals surface area contributed by atoms with E-state index in [0.29, 0.717) is 19.4 Å². The van der Waals surface area contributed by atoms with Crippen LogP contribution >= 0.6 is 12.6 Å². The Balaban J connectivity index is 2.44. The van der Waals surface area contributed by atoms with Gasteiger partial charge in [-0.05, 0) is 19.8 Å². The number of thiol groups is 1. The van der Waals surface area contributed by atoms with Crippen LogP contribution in [0.15, 0.2) is 0 Å². The first-order valence-corrected chi connectivity index (χ1v) is 7.88. The number of hydrogen-bond acceptors (Lipinski definition) is 6. The van der Waals surface area contributed by atoms with Gasteiger partial charge in [0, 0.05) is 12.3 Å². The van der Waals surface area contributed by atoms with Gasteiger partial charge in [-0.3, -0.25) is 14.4 Å². The molecule has 1 rings (SSSR count). The van der Waals surface area contributed by atoms with Crippen LogP contribution in [0.1, 0.15) is 19.8 Å². The third-order valence-electron chi connectivity index (χ3n) is 3.56. The van der Waals surface area contributed by atoms with Crippen LogP contribution in [-0.2, 0) is 19.2 Å². The first-order valence-electron chi connectivity index (χ1n) is 7.24. The molecule has 3 amide bonds. The van der Waals surface area contributed by atoms with E-state index in [2.05, 4.69) is 23.3 Å². The van der Waals surface area contributed by atoms with E-state index >= 15 is 0 Å². The Kier molecular flexibility index (Phi) is 7.30. The van der Waals surface area contributed by atoms with Crippen molar-refractivity contribution in [2.75, 3.05) is 18.8 Å². The smallest absolute Gasteiger partial charge is 0.326 e. The van der Waals surface area contributed by atoms with Gasteiger partial charge in [-0.15, -0.1) is 0 Å². The fraction of sp³-hybridized carbons (Fsp3) is 0.692. The van der Waals surface area contributed by atoms with E-state index in [1.165, 1.54) is 11.8 Å². The molecule has 9 nitrogen and oxygen atoms in total. The van der Waals surface area contributed by atoms with Crippen LogP contribution < -0.4 is 16.4 Å². The molecule has 5 N–H and O–H groups in total. The van der Waals surface area contributed by atoms with Gasteiger partial charge in [-0.25, -0.2) is 4.79 Å². The van der Waals surface area contributed by atoms with Crippen molar-refractivity contribution in [3.05, 3.63) is 0 Å². The number of likely N-dealkylation sites (tertiary alicyclic amines) is 1. The molecule has 23 heavy (non-hydrogen) atoms. The Bertz CT molecular complexity index is 487. The highest BCUT2D eigenvalue weighted by Gasteiger charge is 2.33. The second kappa shape index (κ2) is 8.73. The van der Waals surface area contributed by atoms with Crippen LogP contribution in [-0.4, -0.2) is 70.7 Å². The fourth-order valence-electron chi connectivity index (χ4n) is 2.21. The van der Waals surface area contributed by atoms with Gasteiger partial charge in [0.1, 0.15) is 12.1 Å². The molecule has 1 heterocycles. The van der Waals surface area contributed by atoms with Crippen LogP contribution in [0, 0.1) is 0 Å². The molecule has 0 bridgehead atoms. The number of amides is 3. The summed E-state index contributed by atoms with van der Waals surface area (Å²) >= 11 is 3.89. The lowest BCUT2D eigenvalue weighted by atomic mass is 10.2. The van der Waals surface area contributed by atoms with Crippen molar-refractivity contribution in [2.24, 2.45) is 5.73 Å². The van der Waals surface area contributed by atoms with Gasteiger partial charge in [-0.2, -0.15) is 12.6 Å². The maximum Gasteiger partial charge on any atom is 0.326 e. The molecule has 3 atom stereocenters. The van der Waals surface area contributed by atoms with Gasteiger partial charge >= 0.3 is 5.97 Å². The third kappa shape index (κ3) is 5.39. The lowest BCUT2D eigenvalue weighted by molar-refractivity contribution is -0.148. The minimum atomic E-state index is -1.05.